The third kappa shape index (κ3) is 3.48. The Kier molecular flexibility index (Phi) is 4.68. The van der Waals surface area contributed by atoms with Crippen LogP contribution in [-0.4, -0.2) is 0 Å². The van der Waals surface area contributed by atoms with Gasteiger partial charge in [-0.05, 0) is 43.7 Å². The molecule has 4 heteroatoms. The van der Waals surface area contributed by atoms with Crippen molar-refractivity contribution in [1.82, 2.24) is 5.32 Å². The van der Waals surface area contributed by atoms with Gasteiger partial charge in [-0.3, -0.25) is 0 Å². The van der Waals surface area contributed by atoms with Crippen LogP contribution in [0.5, 0.6) is 0 Å². The second-order valence-electron chi connectivity index (χ2n) is 4.31. The maximum Gasteiger partial charge on any atom is 0.0931 e. The molecule has 0 radical (unpaired) electrons. The molecular formula is C14H15Cl2NS. The first kappa shape index (κ1) is 13.9. The lowest BCUT2D eigenvalue weighted by atomic mass is 10.1. The van der Waals surface area contributed by atoms with Gasteiger partial charge in [-0.1, -0.05) is 35.3 Å². The summed E-state index contributed by atoms with van der Waals surface area (Å²) in [5.41, 5.74) is 1.19. The SMILES string of the molecule is CC(N[C@H](C)c1cccc(Cl)c1)c1ccc(Cl)s1. The van der Waals surface area contributed by atoms with Gasteiger partial charge in [0.2, 0.25) is 0 Å². The molecule has 0 bridgehead atoms. The van der Waals surface area contributed by atoms with Gasteiger partial charge in [0.25, 0.3) is 0 Å². The molecule has 0 aliphatic carbocycles. The molecular weight excluding hydrogens is 285 g/mol. The molecule has 1 aromatic heterocycles. The van der Waals surface area contributed by atoms with Crippen molar-refractivity contribution in [1.29, 1.82) is 0 Å². The lowest BCUT2D eigenvalue weighted by Crippen LogP contribution is -2.21. The topological polar surface area (TPSA) is 12.0 Å². The summed E-state index contributed by atoms with van der Waals surface area (Å²) in [6.45, 7) is 4.28. The van der Waals surface area contributed by atoms with Crippen molar-refractivity contribution >= 4 is 34.5 Å². The van der Waals surface area contributed by atoms with E-state index in [2.05, 4.69) is 31.3 Å². The van der Waals surface area contributed by atoms with E-state index in [1.165, 1.54) is 10.4 Å². The van der Waals surface area contributed by atoms with Crippen LogP contribution in [0.25, 0.3) is 0 Å². The zero-order chi connectivity index (χ0) is 13.1. The summed E-state index contributed by atoms with van der Waals surface area (Å²) in [4.78, 5) is 1.24. The summed E-state index contributed by atoms with van der Waals surface area (Å²) in [5.74, 6) is 0. The smallest absolute Gasteiger partial charge is 0.0931 e. The highest BCUT2D eigenvalue weighted by atomic mass is 35.5. The molecule has 1 aromatic carbocycles. The van der Waals surface area contributed by atoms with Crippen LogP contribution >= 0.6 is 34.5 Å². The average molecular weight is 300 g/mol. The number of hydrogen-bond donors (Lipinski definition) is 1. The minimum atomic E-state index is 0.250. The van der Waals surface area contributed by atoms with E-state index in [0.717, 1.165) is 9.36 Å². The van der Waals surface area contributed by atoms with Crippen LogP contribution in [0.1, 0.15) is 36.4 Å². The second kappa shape index (κ2) is 6.07. The fourth-order valence-electron chi connectivity index (χ4n) is 1.89. The first-order chi connectivity index (χ1) is 8.56. The maximum atomic E-state index is 6.00. The molecule has 0 aliphatic rings. The quantitative estimate of drug-likeness (QED) is 0.789. The number of hydrogen-bond acceptors (Lipinski definition) is 2. The summed E-state index contributed by atoms with van der Waals surface area (Å²) < 4.78 is 0.828. The van der Waals surface area contributed by atoms with Crippen molar-refractivity contribution in [2.45, 2.75) is 25.9 Å². The van der Waals surface area contributed by atoms with E-state index in [-0.39, 0.29) is 12.1 Å². The molecule has 2 rings (SSSR count). The van der Waals surface area contributed by atoms with Crippen LogP contribution in [-0.2, 0) is 0 Å². The van der Waals surface area contributed by atoms with Crippen LogP contribution in [0, 0.1) is 0 Å². The van der Waals surface area contributed by atoms with Crippen molar-refractivity contribution in [2.75, 3.05) is 0 Å². The molecule has 2 atom stereocenters. The predicted octanol–water partition coefficient (Wildman–Crippen LogP) is 5.47. The van der Waals surface area contributed by atoms with Crippen LogP contribution in [0.15, 0.2) is 36.4 Å². The van der Waals surface area contributed by atoms with Gasteiger partial charge in [-0.2, -0.15) is 0 Å². The number of rotatable bonds is 4. The molecule has 0 saturated carbocycles. The Morgan fingerprint density at radius 2 is 1.83 bits per heavy atom. The third-order valence-corrected chi connectivity index (χ3v) is 4.52. The minimum absolute atomic E-state index is 0.250. The van der Waals surface area contributed by atoms with Gasteiger partial charge in [0, 0.05) is 22.0 Å². The van der Waals surface area contributed by atoms with E-state index in [0.29, 0.717) is 0 Å². The molecule has 1 N–H and O–H groups in total. The normalized spacial score (nSPS) is 14.4. The Bertz CT molecular complexity index is 524. The second-order valence-corrected chi connectivity index (χ2v) is 6.49. The monoisotopic (exact) mass is 299 g/mol. The van der Waals surface area contributed by atoms with Gasteiger partial charge in [0.15, 0.2) is 0 Å². The van der Waals surface area contributed by atoms with Crippen molar-refractivity contribution < 1.29 is 0 Å². The molecule has 96 valence electrons. The van der Waals surface area contributed by atoms with Crippen molar-refractivity contribution in [2.24, 2.45) is 0 Å². The fraction of sp³-hybridized carbons (Fsp3) is 0.286. The van der Waals surface area contributed by atoms with E-state index < -0.39 is 0 Å². The summed E-state index contributed by atoms with van der Waals surface area (Å²) in [6, 6.07) is 12.5. The van der Waals surface area contributed by atoms with Crippen LogP contribution < -0.4 is 5.32 Å². The van der Waals surface area contributed by atoms with E-state index in [1.807, 2.05) is 24.3 Å². The van der Waals surface area contributed by atoms with Gasteiger partial charge < -0.3 is 5.32 Å². The highest BCUT2D eigenvalue weighted by molar-refractivity contribution is 7.16. The summed E-state index contributed by atoms with van der Waals surface area (Å²) >= 11 is 13.6. The van der Waals surface area contributed by atoms with E-state index >= 15 is 0 Å². The maximum absolute atomic E-state index is 6.00. The first-order valence-corrected chi connectivity index (χ1v) is 7.40. The number of halogens is 2. The van der Waals surface area contributed by atoms with Crippen molar-refractivity contribution in [3.8, 4) is 0 Å². The minimum Gasteiger partial charge on any atom is -0.303 e. The zero-order valence-corrected chi connectivity index (χ0v) is 12.6. The van der Waals surface area contributed by atoms with E-state index in [9.17, 15) is 0 Å². The fourth-order valence-corrected chi connectivity index (χ4v) is 3.16. The Labute approximate surface area is 122 Å². The molecule has 0 spiro atoms. The number of thiophene rings is 1. The summed E-state index contributed by atoms with van der Waals surface area (Å²) in [6.07, 6.45) is 0. The Morgan fingerprint density at radius 1 is 1.06 bits per heavy atom. The van der Waals surface area contributed by atoms with Gasteiger partial charge in [-0.15, -0.1) is 11.3 Å². The van der Waals surface area contributed by atoms with Crippen LogP contribution in [0.4, 0.5) is 0 Å². The molecule has 0 aliphatic heterocycles. The lowest BCUT2D eigenvalue weighted by Gasteiger charge is -2.19. The third-order valence-electron chi connectivity index (χ3n) is 2.87. The van der Waals surface area contributed by atoms with E-state index in [1.54, 1.807) is 11.3 Å². The molecule has 1 heterocycles. The Balaban J connectivity index is 2.05. The van der Waals surface area contributed by atoms with Gasteiger partial charge in [0.1, 0.15) is 0 Å². The van der Waals surface area contributed by atoms with Gasteiger partial charge in [-0.25, -0.2) is 0 Å². The van der Waals surface area contributed by atoms with Crippen LogP contribution in [0.2, 0.25) is 9.36 Å². The molecule has 0 saturated heterocycles. The molecule has 2 aromatic rings. The van der Waals surface area contributed by atoms with Crippen molar-refractivity contribution in [3.05, 3.63) is 56.2 Å². The number of nitrogens with one attached hydrogen (secondary N) is 1. The zero-order valence-electron chi connectivity index (χ0n) is 10.3. The molecule has 1 nitrogen and oxygen atoms in total. The van der Waals surface area contributed by atoms with Gasteiger partial charge in [0.05, 0.1) is 4.34 Å². The molecule has 0 fully saturated rings. The largest absolute Gasteiger partial charge is 0.303 e. The van der Waals surface area contributed by atoms with Crippen LogP contribution in [0.3, 0.4) is 0 Å². The van der Waals surface area contributed by atoms with Gasteiger partial charge >= 0.3 is 0 Å². The molecule has 0 amide bonds. The first-order valence-electron chi connectivity index (χ1n) is 5.83. The molecule has 1 unspecified atom stereocenters. The Hall–Kier alpha value is -0.540. The Morgan fingerprint density at radius 3 is 2.44 bits per heavy atom. The lowest BCUT2D eigenvalue weighted by molar-refractivity contribution is 0.500. The predicted molar refractivity (Wildman–Crippen MR) is 80.7 cm³/mol. The highest BCUT2D eigenvalue weighted by Crippen LogP contribution is 2.28. The standard InChI is InChI=1S/C14H15Cl2NS/c1-9(11-4-3-5-12(15)8-11)17-10(2)13-6-7-14(16)18-13/h3-10,17H,1-2H3/t9-,10?/m1/s1. The molecule has 18 heavy (non-hydrogen) atoms. The summed E-state index contributed by atoms with van der Waals surface area (Å²) in [5, 5.41) is 4.32. The number of benzene rings is 1. The van der Waals surface area contributed by atoms with Crippen molar-refractivity contribution in [3.63, 3.8) is 0 Å². The van der Waals surface area contributed by atoms with E-state index in [4.69, 9.17) is 23.2 Å². The highest BCUT2D eigenvalue weighted by Gasteiger charge is 2.12. The summed E-state index contributed by atoms with van der Waals surface area (Å²) in [7, 11) is 0. The average Bonchev–Trinajstić information content (AvgIpc) is 2.76.